The first-order valence-electron chi connectivity index (χ1n) is 9.53. The quantitative estimate of drug-likeness (QED) is 0.364. The summed E-state index contributed by atoms with van der Waals surface area (Å²) in [6, 6.07) is 17.2. The highest BCUT2D eigenvalue weighted by Crippen LogP contribution is 2.25. The topological polar surface area (TPSA) is 107 Å². The molecule has 0 spiro atoms. The maximum atomic E-state index is 12.3. The van der Waals surface area contributed by atoms with E-state index in [1.54, 1.807) is 19.3 Å². The Hall–Kier alpha value is -3.32. The van der Waals surface area contributed by atoms with E-state index < -0.39 is 17.6 Å². The number of aromatic nitrogens is 2. The van der Waals surface area contributed by atoms with Gasteiger partial charge in [-0.1, -0.05) is 68.4 Å². The molecule has 1 heterocycles. The number of benzene rings is 2. The molecule has 0 saturated carbocycles. The van der Waals surface area contributed by atoms with Crippen molar-refractivity contribution in [3.05, 3.63) is 76.3 Å². The maximum Gasteiger partial charge on any atom is 0.329 e. The Balaban J connectivity index is 1.76. The summed E-state index contributed by atoms with van der Waals surface area (Å²) >= 11 is 0. The molecular formula is C22H25N3O4. The predicted molar refractivity (Wildman–Crippen MR) is 110 cm³/mol. The lowest BCUT2D eigenvalue weighted by Crippen LogP contribution is -2.37. The van der Waals surface area contributed by atoms with Crippen molar-refractivity contribution in [3.8, 4) is 17.0 Å². The molecule has 0 radical (unpaired) electrons. The molecule has 0 bridgehead atoms. The normalized spacial score (nSPS) is 12.1. The molecular weight excluding hydrogens is 370 g/mol. The van der Waals surface area contributed by atoms with Crippen LogP contribution in [-0.4, -0.2) is 25.8 Å². The van der Waals surface area contributed by atoms with E-state index in [0.717, 1.165) is 21.3 Å². The minimum absolute atomic E-state index is 0.279. The lowest BCUT2D eigenvalue weighted by molar-refractivity contribution is -0.134. The average Bonchev–Trinajstić information content (AvgIpc) is 3.01. The van der Waals surface area contributed by atoms with Gasteiger partial charge in [-0.25, -0.2) is 10.3 Å². The van der Waals surface area contributed by atoms with Crippen LogP contribution in [0.15, 0.2) is 59.4 Å². The molecule has 152 valence electrons. The molecule has 0 aliphatic rings. The van der Waals surface area contributed by atoms with E-state index >= 15 is 0 Å². The van der Waals surface area contributed by atoms with E-state index in [1.165, 1.54) is 0 Å². The van der Waals surface area contributed by atoms with Crippen molar-refractivity contribution in [1.29, 1.82) is 0 Å². The Morgan fingerprint density at radius 1 is 1.03 bits per heavy atom. The van der Waals surface area contributed by atoms with Gasteiger partial charge in [0.15, 0.2) is 0 Å². The third-order valence-electron chi connectivity index (χ3n) is 4.99. The van der Waals surface area contributed by atoms with Gasteiger partial charge in [0.05, 0.1) is 5.69 Å². The summed E-state index contributed by atoms with van der Waals surface area (Å²) in [5.74, 6) is -1.34. The van der Waals surface area contributed by atoms with Crippen molar-refractivity contribution in [1.82, 2.24) is 15.0 Å². The lowest BCUT2D eigenvalue weighted by Gasteiger charge is -2.19. The largest absolute Gasteiger partial charge is 0.493 e. The van der Waals surface area contributed by atoms with Crippen LogP contribution in [0.5, 0.6) is 5.88 Å². The molecule has 0 aliphatic heterocycles. The molecule has 3 aromatic rings. The number of aryl methyl sites for hydroxylation is 2. The number of imidazole rings is 1. The maximum absolute atomic E-state index is 12.3. The van der Waals surface area contributed by atoms with Gasteiger partial charge in [-0.2, -0.15) is 0 Å². The summed E-state index contributed by atoms with van der Waals surface area (Å²) in [6.07, 6.45) is 1.02. The van der Waals surface area contributed by atoms with E-state index in [4.69, 9.17) is 5.21 Å². The molecule has 7 nitrogen and oxygen atoms in total. The van der Waals surface area contributed by atoms with Crippen LogP contribution in [0, 0.1) is 5.92 Å². The standard InChI is InChI=1S/C22H25N3O4/c1-14(2)19(20(26)24-29)25-21(27)18(23-22(25)28)13-10-15-8-11-17(12-9-15)16-6-4-3-5-7-16/h3-9,11-12,14,19,27,29H,10,13H2,1-2H3,(H,23,28)(H,24,26). The third kappa shape index (κ3) is 4.41. The summed E-state index contributed by atoms with van der Waals surface area (Å²) in [4.78, 5) is 26.9. The lowest BCUT2D eigenvalue weighted by atomic mass is 10.0. The predicted octanol–water partition coefficient (Wildman–Crippen LogP) is 3.04. The molecule has 0 saturated heterocycles. The Morgan fingerprint density at radius 3 is 2.24 bits per heavy atom. The van der Waals surface area contributed by atoms with E-state index in [-0.39, 0.29) is 11.8 Å². The number of carbonyl (C=O) groups is 1. The summed E-state index contributed by atoms with van der Waals surface area (Å²) in [6.45, 7) is 3.46. The van der Waals surface area contributed by atoms with Crippen LogP contribution in [-0.2, 0) is 17.6 Å². The van der Waals surface area contributed by atoms with Gasteiger partial charge >= 0.3 is 5.69 Å². The van der Waals surface area contributed by atoms with Crippen LogP contribution in [0.3, 0.4) is 0 Å². The number of hydroxylamine groups is 1. The second kappa shape index (κ2) is 8.79. The summed E-state index contributed by atoms with van der Waals surface area (Å²) in [5.41, 5.74) is 4.65. The van der Waals surface area contributed by atoms with E-state index in [0.29, 0.717) is 18.5 Å². The monoisotopic (exact) mass is 395 g/mol. The van der Waals surface area contributed by atoms with Gasteiger partial charge in [-0.3, -0.25) is 14.6 Å². The molecule has 7 heteroatoms. The first kappa shape index (κ1) is 20.4. The number of aromatic amines is 1. The molecule has 1 unspecified atom stereocenters. The van der Waals surface area contributed by atoms with Crippen molar-refractivity contribution < 1.29 is 15.1 Å². The molecule has 1 atom stereocenters. The van der Waals surface area contributed by atoms with Gasteiger partial charge in [-0.05, 0) is 35.4 Å². The minimum atomic E-state index is -1.01. The van der Waals surface area contributed by atoms with Crippen LogP contribution in [0.1, 0.15) is 31.1 Å². The number of amides is 1. The number of aromatic hydroxyl groups is 1. The minimum Gasteiger partial charge on any atom is -0.493 e. The number of carbonyl (C=O) groups excluding carboxylic acids is 1. The van der Waals surface area contributed by atoms with Crippen LogP contribution in [0.2, 0.25) is 0 Å². The third-order valence-corrected chi connectivity index (χ3v) is 4.99. The van der Waals surface area contributed by atoms with Gasteiger partial charge in [0, 0.05) is 0 Å². The van der Waals surface area contributed by atoms with Gasteiger partial charge in [0.25, 0.3) is 5.91 Å². The second-order valence-electron chi connectivity index (χ2n) is 7.33. The zero-order valence-corrected chi connectivity index (χ0v) is 16.4. The SMILES string of the molecule is CC(C)C(C(=O)NO)n1c(O)c(CCc2ccc(-c3ccccc3)cc2)[nH]c1=O. The van der Waals surface area contributed by atoms with Crippen LogP contribution in [0.25, 0.3) is 11.1 Å². The fraction of sp³-hybridized carbons (Fsp3) is 0.273. The first-order chi connectivity index (χ1) is 13.9. The van der Waals surface area contributed by atoms with Gasteiger partial charge in [-0.15, -0.1) is 0 Å². The van der Waals surface area contributed by atoms with Crippen molar-refractivity contribution in [2.75, 3.05) is 0 Å². The van der Waals surface area contributed by atoms with Crippen LogP contribution in [0.4, 0.5) is 0 Å². The molecule has 0 fully saturated rings. The molecule has 1 aromatic heterocycles. The van der Waals surface area contributed by atoms with E-state index in [2.05, 4.69) is 4.98 Å². The molecule has 0 aliphatic carbocycles. The van der Waals surface area contributed by atoms with Crippen molar-refractivity contribution in [2.24, 2.45) is 5.92 Å². The number of H-pyrrole nitrogens is 1. The number of nitrogens with one attached hydrogen (secondary N) is 2. The zero-order chi connectivity index (χ0) is 21.0. The number of hydrogen-bond acceptors (Lipinski definition) is 4. The van der Waals surface area contributed by atoms with E-state index in [9.17, 15) is 14.7 Å². The Morgan fingerprint density at radius 2 is 1.66 bits per heavy atom. The second-order valence-corrected chi connectivity index (χ2v) is 7.33. The fourth-order valence-corrected chi connectivity index (χ4v) is 3.47. The van der Waals surface area contributed by atoms with Gasteiger partial charge in [0.1, 0.15) is 6.04 Å². The number of rotatable bonds is 7. The molecule has 4 N–H and O–H groups in total. The van der Waals surface area contributed by atoms with Crippen molar-refractivity contribution in [3.63, 3.8) is 0 Å². The highest BCUT2D eigenvalue weighted by atomic mass is 16.5. The summed E-state index contributed by atoms with van der Waals surface area (Å²) < 4.78 is 0.990. The van der Waals surface area contributed by atoms with E-state index in [1.807, 2.05) is 54.6 Å². The smallest absolute Gasteiger partial charge is 0.329 e. The Labute approximate surface area is 168 Å². The van der Waals surface area contributed by atoms with Crippen molar-refractivity contribution in [2.45, 2.75) is 32.7 Å². The first-order valence-corrected chi connectivity index (χ1v) is 9.53. The summed E-state index contributed by atoms with van der Waals surface area (Å²) in [7, 11) is 0. The Kier molecular flexibility index (Phi) is 6.19. The van der Waals surface area contributed by atoms with Gasteiger partial charge in [0.2, 0.25) is 5.88 Å². The number of nitrogens with zero attached hydrogens (tertiary/aromatic N) is 1. The molecule has 1 amide bonds. The highest BCUT2D eigenvalue weighted by molar-refractivity contribution is 5.79. The average molecular weight is 395 g/mol. The molecule has 29 heavy (non-hydrogen) atoms. The van der Waals surface area contributed by atoms with Crippen LogP contribution >= 0.6 is 0 Å². The molecule has 3 rings (SSSR count). The molecule has 2 aromatic carbocycles. The van der Waals surface area contributed by atoms with Gasteiger partial charge < -0.3 is 10.1 Å². The fourth-order valence-electron chi connectivity index (χ4n) is 3.47. The Bertz CT molecular complexity index is 1020. The highest BCUT2D eigenvalue weighted by Gasteiger charge is 2.29. The number of hydrogen-bond donors (Lipinski definition) is 4. The summed E-state index contributed by atoms with van der Waals surface area (Å²) in [5, 5.41) is 19.5. The van der Waals surface area contributed by atoms with Crippen molar-refractivity contribution >= 4 is 5.91 Å². The zero-order valence-electron chi connectivity index (χ0n) is 16.4. The van der Waals surface area contributed by atoms with Crippen LogP contribution < -0.4 is 11.2 Å².